The van der Waals surface area contributed by atoms with Gasteiger partial charge in [0.15, 0.2) is 11.6 Å². The number of hydrogen-bond donors (Lipinski definition) is 0. The van der Waals surface area contributed by atoms with Crippen LogP contribution in [0.1, 0.15) is 61.1 Å². The maximum Gasteiger partial charge on any atom is 0.166 e. The molecule has 0 atom stereocenters. The van der Waals surface area contributed by atoms with Crippen molar-refractivity contribution in [2.75, 3.05) is 6.61 Å². The molecule has 0 bridgehead atoms. The quantitative estimate of drug-likeness (QED) is 0.404. The predicted molar refractivity (Wildman–Crippen MR) is 118 cm³/mol. The highest BCUT2D eigenvalue weighted by Crippen LogP contribution is 2.43. The lowest BCUT2D eigenvalue weighted by atomic mass is 9.75. The van der Waals surface area contributed by atoms with Crippen molar-refractivity contribution >= 4 is 0 Å². The van der Waals surface area contributed by atoms with Gasteiger partial charge < -0.3 is 4.74 Å². The standard InChI is InChI=1S/C27H27F3O/c1-3-31-21-12-13-22(25(28)16-21)18-8-10-20(11-9-18)24-15-14-23(26(29)27(24)30)19-6-4-17(2)5-7-19/h4-7,12-16,18,20H,3,8-11H2,1-2H3. The topological polar surface area (TPSA) is 9.23 Å². The molecule has 1 saturated carbocycles. The Hall–Kier alpha value is -2.75. The van der Waals surface area contributed by atoms with Gasteiger partial charge in [0, 0.05) is 11.6 Å². The van der Waals surface area contributed by atoms with Gasteiger partial charge in [0.2, 0.25) is 0 Å². The fraction of sp³-hybridized carbons (Fsp3) is 0.333. The van der Waals surface area contributed by atoms with Crippen LogP contribution in [0.2, 0.25) is 0 Å². The summed E-state index contributed by atoms with van der Waals surface area (Å²) >= 11 is 0. The molecule has 0 radical (unpaired) electrons. The highest BCUT2D eigenvalue weighted by atomic mass is 19.2. The Morgan fingerprint density at radius 1 is 0.774 bits per heavy atom. The first-order valence-corrected chi connectivity index (χ1v) is 10.9. The monoisotopic (exact) mass is 424 g/mol. The van der Waals surface area contributed by atoms with Crippen LogP contribution in [0.25, 0.3) is 11.1 Å². The third kappa shape index (κ3) is 4.48. The minimum Gasteiger partial charge on any atom is -0.494 e. The molecule has 3 aromatic carbocycles. The molecule has 0 aliphatic heterocycles. The van der Waals surface area contributed by atoms with Gasteiger partial charge in [-0.3, -0.25) is 0 Å². The number of aryl methyl sites for hydroxylation is 1. The molecule has 4 rings (SSSR count). The van der Waals surface area contributed by atoms with E-state index in [-0.39, 0.29) is 23.2 Å². The molecule has 0 spiro atoms. The largest absolute Gasteiger partial charge is 0.494 e. The van der Waals surface area contributed by atoms with Crippen LogP contribution in [0.15, 0.2) is 54.6 Å². The molecule has 0 aromatic heterocycles. The molecular weight excluding hydrogens is 397 g/mol. The second kappa shape index (κ2) is 9.17. The Bertz CT molecular complexity index is 1050. The van der Waals surface area contributed by atoms with E-state index >= 15 is 0 Å². The molecule has 3 aromatic rings. The smallest absolute Gasteiger partial charge is 0.166 e. The van der Waals surface area contributed by atoms with Gasteiger partial charge in [0.1, 0.15) is 11.6 Å². The average molecular weight is 425 g/mol. The van der Waals surface area contributed by atoms with Crippen molar-refractivity contribution in [1.29, 1.82) is 0 Å². The van der Waals surface area contributed by atoms with Crippen molar-refractivity contribution in [1.82, 2.24) is 0 Å². The van der Waals surface area contributed by atoms with Gasteiger partial charge in [-0.2, -0.15) is 0 Å². The lowest BCUT2D eigenvalue weighted by Crippen LogP contribution is -2.15. The molecule has 0 heterocycles. The molecule has 0 amide bonds. The zero-order valence-corrected chi connectivity index (χ0v) is 17.9. The number of benzene rings is 3. The predicted octanol–water partition coefficient (Wildman–Crippen LogP) is 7.92. The van der Waals surface area contributed by atoms with Crippen LogP contribution in [0.5, 0.6) is 5.75 Å². The van der Waals surface area contributed by atoms with Crippen LogP contribution in [-0.4, -0.2) is 6.61 Å². The van der Waals surface area contributed by atoms with Gasteiger partial charge in [0.05, 0.1) is 6.61 Å². The van der Waals surface area contributed by atoms with Gasteiger partial charge in [-0.25, -0.2) is 13.2 Å². The summed E-state index contributed by atoms with van der Waals surface area (Å²) in [5.74, 6) is -1.23. The van der Waals surface area contributed by atoms with Gasteiger partial charge in [-0.15, -0.1) is 0 Å². The third-order valence-corrected chi connectivity index (χ3v) is 6.36. The molecule has 1 aliphatic carbocycles. The molecule has 31 heavy (non-hydrogen) atoms. The summed E-state index contributed by atoms with van der Waals surface area (Å²) < 4.78 is 49.7. The molecule has 4 heteroatoms. The molecule has 1 aliphatic rings. The van der Waals surface area contributed by atoms with Gasteiger partial charge >= 0.3 is 0 Å². The van der Waals surface area contributed by atoms with Crippen LogP contribution >= 0.6 is 0 Å². The molecule has 1 nitrogen and oxygen atoms in total. The number of rotatable bonds is 5. The van der Waals surface area contributed by atoms with E-state index in [1.807, 2.05) is 38.1 Å². The summed E-state index contributed by atoms with van der Waals surface area (Å²) in [6.45, 7) is 4.32. The maximum absolute atomic E-state index is 15.0. The Labute approximate surface area is 181 Å². The summed E-state index contributed by atoms with van der Waals surface area (Å²) in [5, 5.41) is 0. The minimum absolute atomic E-state index is 0.0522. The fourth-order valence-corrected chi connectivity index (χ4v) is 4.65. The normalized spacial score (nSPS) is 18.7. The summed E-state index contributed by atoms with van der Waals surface area (Å²) in [6, 6.07) is 15.8. The van der Waals surface area contributed by atoms with E-state index in [1.165, 1.54) is 6.07 Å². The van der Waals surface area contributed by atoms with E-state index in [9.17, 15) is 13.2 Å². The van der Waals surface area contributed by atoms with Crippen molar-refractivity contribution in [2.45, 2.75) is 51.4 Å². The molecule has 0 saturated heterocycles. The van der Waals surface area contributed by atoms with E-state index in [2.05, 4.69) is 0 Å². The highest BCUT2D eigenvalue weighted by Gasteiger charge is 2.28. The second-order valence-electron chi connectivity index (χ2n) is 8.36. The van der Waals surface area contributed by atoms with Crippen molar-refractivity contribution in [2.24, 2.45) is 0 Å². The first kappa shape index (κ1) is 21.5. The van der Waals surface area contributed by atoms with Crippen LogP contribution in [0.3, 0.4) is 0 Å². The van der Waals surface area contributed by atoms with Crippen molar-refractivity contribution < 1.29 is 17.9 Å². The summed E-state index contributed by atoms with van der Waals surface area (Å²) in [4.78, 5) is 0. The molecule has 1 fully saturated rings. The number of ether oxygens (including phenoxy) is 1. The molecular formula is C27H27F3O. The second-order valence-corrected chi connectivity index (χ2v) is 8.36. The van der Waals surface area contributed by atoms with Crippen molar-refractivity contribution in [3.63, 3.8) is 0 Å². The van der Waals surface area contributed by atoms with E-state index in [4.69, 9.17) is 4.74 Å². The van der Waals surface area contributed by atoms with Gasteiger partial charge in [-0.05, 0) is 74.1 Å². The Balaban J connectivity index is 1.49. The van der Waals surface area contributed by atoms with Gasteiger partial charge in [-0.1, -0.05) is 48.0 Å². The fourth-order valence-electron chi connectivity index (χ4n) is 4.65. The van der Waals surface area contributed by atoms with Crippen LogP contribution < -0.4 is 4.74 Å². The molecule has 0 unspecified atom stereocenters. The molecule has 0 N–H and O–H groups in total. The first-order valence-electron chi connectivity index (χ1n) is 10.9. The molecule has 162 valence electrons. The van der Waals surface area contributed by atoms with Crippen LogP contribution in [0.4, 0.5) is 13.2 Å². The highest BCUT2D eigenvalue weighted by molar-refractivity contribution is 5.65. The Kier molecular flexibility index (Phi) is 6.35. The Morgan fingerprint density at radius 2 is 1.39 bits per heavy atom. The zero-order valence-electron chi connectivity index (χ0n) is 17.9. The van der Waals surface area contributed by atoms with Crippen LogP contribution in [0, 0.1) is 24.4 Å². The Morgan fingerprint density at radius 3 is 2.00 bits per heavy atom. The van der Waals surface area contributed by atoms with Crippen molar-refractivity contribution in [3.05, 3.63) is 88.7 Å². The lowest BCUT2D eigenvalue weighted by Gasteiger charge is -2.30. The first-order chi connectivity index (χ1) is 15.0. The van der Waals surface area contributed by atoms with E-state index in [0.717, 1.165) is 18.4 Å². The number of hydrogen-bond acceptors (Lipinski definition) is 1. The van der Waals surface area contributed by atoms with E-state index in [1.54, 1.807) is 24.3 Å². The van der Waals surface area contributed by atoms with Crippen molar-refractivity contribution in [3.8, 4) is 16.9 Å². The third-order valence-electron chi connectivity index (χ3n) is 6.36. The summed E-state index contributed by atoms with van der Waals surface area (Å²) in [5.41, 5.74) is 3.14. The van der Waals surface area contributed by atoms with E-state index < -0.39 is 11.6 Å². The summed E-state index contributed by atoms with van der Waals surface area (Å²) in [7, 11) is 0. The van der Waals surface area contributed by atoms with E-state index in [0.29, 0.717) is 41.9 Å². The van der Waals surface area contributed by atoms with Gasteiger partial charge in [0.25, 0.3) is 0 Å². The maximum atomic E-state index is 15.0. The summed E-state index contributed by atoms with van der Waals surface area (Å²) in [6.07, 6.45) is 2.90. The SMILES string of the molecule is CCOc1ccc(C2CCC(c3ccc(-c4ccc(C)cc4)c(F)c3F)CC2)c(F)c1. The number of halogens is 3. The average Bonchev–Trinajstić information content (AvgIpc) is 2.77. The lowest BCUT2D eigenvalue weighted by molar-refractivity contribution is 0.336. The minimum atomic E-state index is -0.791. The zero-order chi connectivity index (χ0) is 22.0. The van der Waals surface area contributed by atoms with Crippen LogP contribution in [-0.2, 0) is 0 Å².